The van der Waals surface area contributed by atoms with Gasteiger partial charge in [0.05, 0.1) is 0 Å². The molecule has 0 fully saturated rings. The molecule has 0 bridgehead atoms. The minimum atomic E-state index is -0.915. The summed E-state index contributed by atoms with van der Waals surface area (Å²) < 4.78 is 6.26. The number of rotatable bonds is 5. The van der Waals surface area contributed by atoms with Gasteiger partial charge in [0.15, 0.2) is 6.10 Å². The monoisotopic (exact) mass is 297 g/mol. The third-order valence-electron chi connectivity index (χ3n) is 4.34. The molecule has 2 aromatic carbocycles. The summed E-state index contributed by atoms with van der Waals surface area (Å²) in [5.41, 5.74) is 2.42. The lowest BCUT2D eigenvalue weighted by atomic mass is 9.97. The van der Waals surface area contributed by atoms with Crippen LogP contribution >= 0.6 is 0 Å². The van der Waals surface area contributed by atoms with Crippen molar-refractivity contribution in [2.75, 3.05) is 13.1 Å². The lowest BCUT2D eigenvalue weighted by Gasteiger charge is -2.31. The molecule has 1 aliphatic rings. The first-order valence-electron chi connectivity index (χ1n) is 7.87. The largest absolute Gasteiger partial charge is 0.482 e. The fourth-order valence-corrected chi connectivity index (χ4v) is 3.15. The summed E-state index contributed by atoms with van der Waals surface area (Å²) in [5.74, 6) is 0.833. The fourth-order valence-electron chi connectivity index (χ4n) is 3.15. The molecule has 0 saturated carbocycles. The second-order valence-corrected chi connectivity index (χ2v) is 6.02. The highest BCUT2D eigenvalue weighted by Gasteiger charge is 2.46. The lowest BCUT2D eigenvalue weighted by molar-refractivity contribution is -0.0495. The van der Waals surface area contributed by atoms with Gasteiger partial charge in [-0.05, 0) is 36.2 Å². The number of hydrogen-bond donors (Lipinski definition) is 2. The summed E-state index contributed by atoms with van der Waals surface area (Å²) in [6, 6.07) is 16.1. The molecule has 116 valence electrons. The minimum absolute atomic E-state index is 0.344. The van der Waals surface area contributed by atoms with E-state index in [-0.39, 0.29) is 6.10 Å². The van der Waals surface area contributed by atoms with Gasteiger partial charge in [-0.2, -0.15) is 0 Å². The molecule has 0 aliphatic heterocycles. The Morgan fingerprint density at radius 3 is 2.68 bits per heavy atom. The van der Waals surface area contributed by atoms with Crippen LogP contribution in [0.15, 0.2) is 48.5 Å². The molecule has 3 nitrogen and oxygen atoms in total. The van der Waals surface area contributed by atoms with Crippen molar-refractivity contribution >= 4 is 0 Å². The van der Waals surface area contributed by atoms with Crippen LogP contribution in [0.2, 0.25) is 0 Å². The number of ether oxygens (including phenoxy) is 1. The Kier molecular flexibility index (Phi) is 4.19. The van der Waals surface area contributed by atoms with E-state index < -0.39 is 5.60 Å². The molecule has 0 spiro atoms. The van der Waals surface area contributed by atoms with E-state index in [1.807, 2.05) is 50.2 Å². The van der Waals surface area contributed by atoms with Crippen LogP contribution in [-0.2, 0) is 6.42 Å². The maximum absolute atomic E-state index is 11.2. The highest BCUT2D eigenvalue weighted by Crippen LogP contribution is 2.42. The van der Waals surface area contributed by atoms with Crippen molar-refractivity contribution in [1.29, 1.82) is 0 Å². The van der Waals surface area contributed by atoms with Crippen molar-refractivity contribution in [2.24, 2.45) is 0 Å². The van der Waals surface area contributed by atoms with Crippen LogP contribution in [0.1, 0.15) is 29.7 Å². The quantitative estimate of drug-likeness (QED) is 0.891. The molecule has 2 aromatic rings. The van der Waals surface area contributed by atoms with Gasteiger partial charge in [0.1, 0.15) is 11.4 Å². The number of aliphatic hydroxyl groups is 1. The van der Waals surface area contributed by atoms with Crippen LogP contribution in [0.4, 0.5) is 0 Å². The minimum Gasteiger partial charge on any atom is -0.482 e. The molecule has 22 heavy (non-hydrogen) atoms. The predicted octanol–water partition coefficient (Wildman–Crippen LogP) is 3.01. The Morgan fingerprint density at radius 1 is 1.18 bits per heavy atom. The summed E-state index contributed by atoms with van der Waals surface area (Å²) in [4.78, 5) is 0. The second-order valence-electron chi connectivity index (χ2n) is 6.02. The summed E-state index contributed by atoms with van der Waals surface area (Å²) in [6.07, 6.45) is 0.274. The van der Waals surface area contributed by atoms with Crippen molar-refractivity contribution < 1.29 is 9.84 Å². The zero-order valence-electron chi connectivity index (χ0n) is 13.2. The van der Waals surface area contributed by atoms with Gasteiger partial charge in [0.2, 0.25) is 0 Å². The Balaban J connectivity index is 1.94. The Labute approximate surface area is 131 Å². The molecule has 0 amide bonds. The number of aryl methyl sites for hydroxylation is 1. The smallest absolute Gasteiger partial charge is 0.154 e. The summed E-state index contributed by atoms with van der Waals surface area (Å²) >= 11 is 0. The topological polar surface area (TPSA) is 41.5 Å². The van der Waals surface area contributed by atoms with Crippen LogP contribution in [0.5, 0.6) is 5.75 Å². The van der Waals surface area contributed by atoms with Gasteiger partial charge in [-0.25, -0.2) is 0 Å². The van der Waals surface area contributed by atoms with Gasteiger partial charge in [-0.1, -0.05) is 49.4 Å². The van der Waals surface area contributed by atoms with Gasteiger partial charge in [0.25, 0.3) is 0 Å². The van der Waals surface area contributed by atoms with Crippen LogP contribution in [0, 0.1) is 6.92 Å². The summed E-state index contributed by atoms with van der Waals surface area (Å²) in [5, 5.41) is 14.4. The lowest BCUT2D eigenvalue weighted by Crippen LogP contribution is -2.46. The number of benzene rings is 2. The number of para-hydroxylation sites is 1. The Hall–Kier alpha value is -1.84. The Morgan fingerprint density at radius 2 is 1.91 bits per heavy atom. The van der Waals surface area contributed by atoms with Gasteiger partial charge in [-0.15, -0.1) is 0 Å². The van der Waals surface area contributed by atoms with E-state index in [1.54, 1.807) is 0 Å². The molecule has 1 aliphatic carbocycles. The van der Waals surface area contributed by atoms with Crippen LogP contribution in [0.25, 0.3) is 0 Å². The predicted molar refractivity (Wildman–Crippen MR) is 88.2 cm³/mol. The number of fused-ring (bicyclic) bond motifs is 1. The maximum atomic E-state index is 11.2. The Bertz CT molecular complexity index is 655. The van der Waals surface area contributed by atoms with E-state index in [2.05, 4.69) is 17.4 Å². The van der Waals surface area contributed by atoms with Gasteiger partial charge in [0, 0.05) is 13.0 Å². The van der Waals surface area contributed by atoms with E-state index in [0.29, 0.717) is 13.0 Å². The molecule has 0 unspecified atom stereocenters. The zero-order valence-corrected chi connectivity index (χ0v) is 13.2. The molecule has 2 N–H and O–H groups in total. The molecule has 0 radical (unpaired) electrons. The van der Waals surface area contributed by atoms with E-state index in [1.165, 1.54) is 5.56 Å². The van der Waals surface area contributed by atoms with Gasteiger partial charge >= 0.3 is 0 Å². The number of nitrogens with one attached hydrogen (secondary N) is 1. The summed E-state index contributed by atoms with van der Waals surface area (Å²) in [6.45, 7) is 5.42. The first-order valence-corrected chi connectivity index (χ1v) is 7.87. The molecule has 0 heterocycles. The third kappa shape index (κ3) is 2.74. The van der Waals surface area contributed by atoms with Crippen molar-refractivity contribution in [1.82, 2.24) is 5.32 Å². The van der Waals surface area contributed by atoms with Crippen molar-refractivity contribution in [3.8, 4) is 5.75 Å². The van der Waals surface area contributed by atoms with Gasteiger partial charge in [-0.3, -0.25) is 0 Å². The van der Waals surface area contributed by atoms with Crippen LogP contribution in [-0.4, -0.2) is 23.8 Å². The first-order chi connectivity index (χ1) is 10.6. The second kappa shape index (κ2) is 6.11. The zero-order chi connectivity index (χ0) is 15.6. The molecule has 3 rings (SSSR count). The molecule has 3 heteroatoms. The average Bonchev–Trinajstić information content (AvgIpc) is 2.80. The maximum Gasteiger partial charge on any atom is 0.154 e. The highest BCUT2D eigenvalue weighted by atomic mass is 16.5. The van der Waals surface area contributed by atoms with Crippen LogP contribution < -0.4 is 10.1 Å². The first kappa shape index (κ1) is 15.1. The third-order valence-corrected chi connectivity index (χ3v) is 4.34. The SMILES string of the molecule is CCNC[C@]1(O)Cc2ccccc2[C@@H]1Oc1ccccc1C. The number of likely N-dealkylation sites (N-methyl/N-ethyl adjacent to an activating group) is 1. The van der Waals surface area contributed by atoms with Crippen molar-refractivity contribution in [3.05, 3.63) is 65.2 Å². The highest BCUT2D eigenvalue weighted by molar-refractivity contribution is 5.41. The standard InChI is InChI=1S/C19H23NO2/c1-3-20-13-19(21)12-15-9-5-6-10-16(15)18(19)22-17-11-7-4-8-14(17)2/h4-11,18,20-21H,3,12-13H2,1-2H3/t18-,19+/m0/s1. The van der Waals surface area contributed by atoms with E-state index in [0.717, 1.165) is 23.4 Å². The molecule has 0 aromatic heterocycles. The molecular formula is C19H23NO2. The van der Waals surface area contributed by atoms with Gasteiger partial charge < -0.3 is 15.2 Å². The normalized spacial score (nSPS) is 23.3. The van der Waals surface area contributed by atoms with Crippen molar-refractivity contribution in [2.45, 2.75) is 32.0 Å². The molecule has 2 atom stereocenters. The van der Waals surface area contributed by atoms with Crippen LogP contribution in [0.3, 0.4) is 0 Å². The summed E-state index contributed by atoms with van der Waals surface area (Å²) in [7, 11) is 0. The van der Waals surface area contributed by atoms with Crippen molar-refractivity contribution in [3.63, 3.8) is 0 Å². The van der Waals surface area contributed by atoms with E-state index in [9.17, 15) is 5.11 Å². The fraction of sp³-hybridized carbons (Fsp3) is 0.368. The van der Waals surface area contributed by atoms with E-state index in [4.69, 9.17) is 4.74 Å². The average molecular weight is 297 g/mol. The molecular weight excluding hydrogens is 274 g/mol. The molecule has 0 saturated heterocycles. The van der Waals surface area contributed by atoms with E-state index >= 15 is 0 Å². The number of hydrogen-bond acceptors (Lipinski definition) is 3.